The van der Waals surface area contributed by atoms with Crippen molar-refractivity contribution in [3.8, 4) is 5.75 Å². The number of anilines is 1. The van der Waals surface area contributed by atoms with Crippen molar-refractivity contribution in [2.45, 2.75) is 6.61 Å². The van der Waals surface area contributed by atoms with Crippen LogP contribution < -0.4 is 10.5 Å². The molecule has 0 saturated carbocycles. The molecular weight excluding hydrogens is 255 g/mol. The van der Waals surface area contributed by atoms with E-state index in [1.165, 1.54) is 6.07 Å². The van der Waals surface area contributed by atoms with Gasteiger partial charge in [0.15, 0.2) is 11.6 Å². The van der Waals surface area contributed by atoms with E-state index in [1.54, 1.807) is 18.2 Å². The predicted octanol–water partition coefficient (Wildman–Crippen LogP) is 3.48. The number of hydrogen-bond acceptors (Lipinski definition) is 2. The van der Waals surface area contributed by atoms with Gasteiger partial charge in [0.25, 0.3) is 0 Å². The lowest BCUT2D eigenvalue weighted by molar-refractivity contribution is 0.291. The van der Waals surface area contributed by atoms with Crippen LogP contribution in [0.2, 0.25) is 0 Å². The number of aryl methyl sites for hydroxylation is 1. The second kappa shape index (κ2) is 4.89. The second-order valence-electron chi connectivity index (χ2n) is 4.73. The number of rotatable bonds is 3. The number of para-hydroxylation sites is 2. The number of nitrogens with two attached hydrogens (primary N) is 1. The van der Waals surface area contributed by atoms with Crippen molar-refractivity contribution in [1.82, 2.24) is 4.57 Å². The molecule has 0 aliphatic carbocycles. The minimum absolute atomic E-state index is 0.258. The quantitative estimate of drug-likeness (QED) is 0.740. The fraction of sp³-hybridized carbons (Fsp3) is 0.125. The monoisotopic (exact) mass is 270 g/mol. The molecule has 0 aliphatic rings. The van der Waals surface area contributed by atoms with Crippen LogP contribution in [-0.2, 0) is 13.7 Å². The van der Waals surface area contributed by atoms with Gasteiger partial charge in [-0.1, -0.05) is 24.3 Å². The fourth-order valence-electron chi connectivity index (χ4n) is 2.41. The summed E-state index contributed by atoms with van der Waals surface area (Å²) >= 11 is 0. The van der Waals surface area contributed by atoms with E-state index >= 15 is 0 Å². The van der Waals surface area contributed by atoms with Gasteiger partial charge in [-0.3, -0.25) is 0 Å². The van der Waals surface area contributed by atoms with Gasteiger partial charge in [0.05, 0.1) is 11.2 Å². The number of ether oxygens (including phenoxy) is 1. The summed E-state index contributed by atoms with van der Waals surface area (Å²) in [7, 11) is 1.94. The Balaban J connectivity index is 1.93. The highest BCUT2D eigenvalue weighted by molar-refractivity contribution is 5.93. The average molecular weight is 270 g/mol. The number of hydrogen-bond donors (Lipinski definition) is 1. The SMILES string of the molecule is Cn1cc(COc2ccccc2F)c2cccc(N)c21. The van der Waals surface area contributed by atoms with Gasteiger partial charge in [0.2, 0.25) is 0 Å². The molecule has 102 valence electrons. The van der Waals surface area contributed by atoms with Gasteiger partial charge in [0.1, 0.15) is 6.61 Å². The summed E-state index contributed by atoms with van der Waals surface area (Å²) in [4.78, 5) is 0. The molecule has 3 nitrogen and oxygen atoms in total. The van der Waals surface area contributed by atoms with Gasteiger partial charge in [-0.25, -0.2) is 4.39 Å². The van der Waals surface area contributed by atoms with Crippen LogP contribution in [0.25, 0.3) is 10.9 Å². The molecule has 0 amide bonds. The Kier molecular flexibility index (Phi) is 3.06. The first kappa shape index (κ1) is 12.5. The molecule has 0 fully saturated rings. The van der Waals surface area contributed by atoms with E-state index in [0.717, 1.165) is 22.2 Å². The standard InChI is InChI=1S/C16H15FN2O/c1-19-9-11(12-5-4-7-14(18)16(12)19)10-20-15-8-3-2-6-13(15)17/h2-9H,10,18H2,1H3. The van der Waals surface area contributed by atoms with Gasteiger partial charge in [-0.2, -0.15) is 0 Å². The van der Waals surface area contributed by atoms with Crippen LogP contribution in [0.5, 0.6) is 5.75 Å². The molecule has 2 aromatic carbocycles. The van der Waals surface area contributed by atoms with Crippen molar-refractivity contribution in [2.75, 3.05) is 5.73 Å². The van der Waals surface area contributed by atoms with E-state index in [1.807, 2.05) is 36.0 Å². The number of nitrogen functional groups attached to an aromatic ring is 1. The summed E-state index contributed by atoms with van der Waals surface area (Å²) in [5, 5.41) is 1.03. The topological polar surface area (TPSA) is 40.2 Å². The molecule has 1 heterocycles. The van der Waals surface area contributed by atoms with Crippen molar-refractivity contribution in [3.63, 3.8) is 0 Å². The third-order valence-corrected chi connectivity index (χ3v) is 3.34. The maximum absolute atomic E-state index is 13.5. The lowest BCUT2D eigenvalue weighted by atomic mass is 10.1. The van der Waals surface area contributed by atoms with Gasteiger partial charge < -0.3 is 15.0 Å². The molecule has 4 heteroatoms. The third kappa shape index (κ3) is 2.09. The normalized spacial score (nSPS) is 10.9. The Labute approximate surface area is 116 Å². The van der Waals surface area contributed by atoms with Crippen molar-refractivity contribution in [3.05, 3.63) is 60.0 Å². The van der Waals surface area contributed by atoms with Crippen LogP contribution in [-0.4, -0.2) is 4.57 Å². The summed E-state index contributed by atoms with van der Waals surface area (Å²) in [5.74, 6) is -0.0966. The summed E-state index contributed by atoms with van der Waals surface area (Å²) in [5.41, 5.74) is 8.66. The Morgan fingerprint density at radius 3 is 2.75 bits per heavy atom. The number of nitrogens with zero attached hydrogens (tertiary/aromatic N) is 1. The van der Waals surface area contributed by atoms with E-state index < -0.39 is 0 Å². The Hall–Kier alpha value is -2.49. The second-order valence-corrected chi connectivity index (χ2v) is 4.73. The molecule has 3 aromatic rings. The molecule has 1 aromatic heterocycles. The zero-order valence-electron chi connectivity index (χ0n) is 11.1. The highest BCUT2D eigenvalue weighted by Gasteiger charge is 2.10. The molecule has 0 spiro atoms. The van der Waals surface area contributed by atoms with Crippen LogP contribution in [0.4, 0.5) is 10.1 Å². The van der Waals surface area contributed by atoms with E-state index in [2.05, 4.69) is 0 Å². The van der Waals surface area contributed by atoms with Gasteiger partial charge in [-0.05, 0) is 18.2 Å². The number of aromatic nitrogens is 1. The number of fused-ring (bicyclic) bond motifs is 1. The van der Waals surface area contributed by atoms with Crippen molar-refractivity contribution in [2.24, 2.45) is 7.05 Å². The smallest absolute Gasteiger partial charge is 0.165 e. The Morgan fingerprint density at radius 1 is 1.15 bits per heavy atom. The third-order valence-electron chi connectivity index (χ3n) is 3.34. The minimum atomic E-state index is -0.354. The first-order valence-corrected chi connectivity index (χ1v) is 6.36. The minimum Gasteiger partial charge on any atom is -0.486 e. The van der Waals surface area contributed by atoms with Crippen LogP contribution in [0.15, 0.2) is 48.7 Å². The van der Waals surface area contributed by atoms with Crippen LogP contribution in [0.1, 0.15) is 5.56 Å². The van der Waals surface area contributed by atoms with Crippen molar-refractivity contribution >= 4 is 16.6 Å². The number of benzene rings is 2. The van der Waals surface area contributed by atoms with E-state index in [0.29, 0.717) is 6.61 Å². The Bertz CT molecular complexity index is 764. The van der Waals surface area contributed by atoms with Crippen LogP contribution in [0, 0.1) is 5.82 Å². The predicted molar refractivity (Wildman–Crippen MR) is 78.1 cm³/mol. The maximum atomic E-state index is 13.5. The van der Waals surface area contributed by atoms with E-state index in [-0.39, 0.29) is 11.6 Å². The summed E-state index contributed by atoms with van der Waals surface area (Å²) in [6.07, 6.45) is 1.96. The highest BCUT2D eigenvalue weighted by Crippen LogP contribution is 2.27. The highest BCUT2D eigenvalue weighted by atomic mass is 19.1. The summed E-state index contributed by atoms with van der Waals surface area (Å²) < 4.78 is 21.0. The molecule has 3 rings (SSSR count). The fourth-order valence-corrected chi connectivity index (χ4v) is 2.41. The van der Waals surface area contributed by atoms with Crippen molar-refractivity contribution < 1.29 is 9.13 Å². The lowest BCUT2D eigenvalue weighted by Gasteiger charge is -2.06. The Morgan fingerprint density at radius 2 is 1.95 bits per heavy atom. The molecular formula is C16H15FN2O. The van der Waals surface area contributed by atoms with Gasteiger partial charge >= 0.3 is 0 Å². The molecule has 0 aliphatic heterocycles. The molecule has 20 heavy (non-hydrogen) atoms. The summed E-state index contributed by atoms with van der Waals surface area (Å²) in [6, 6.07) is 12.2. The maximum Gasteiger partial charge on any atom is 0.165 e. The van der Waals surface area contributed by atoms with Crippen molar-refractivity contribution in [1.29, 1.82) is 0 Å². The summed E-state index contributed by atoms with van der Waals surface area (Å²) in [6.45, 7) is 0.307. The molecule has 0 radical (unpaired) electrons. The molecule has 0 unspecified atom stereocenters. The zero-order chi connectivity index (χ0) is 14.1. The van der Waals surface area contributed by atoms with Gasteiger partial charge in [-0.15, -0.1) is 0 Å². The largest absolute Gasteiger partial charge is 0.486 e. The average Bonchev–Trinajstić information content (AvgIpc) is 2.76. The molecule has 2 N–H and O–H groups in total. The van der Waals surface area contributed by atoms with E-state index in [4.69, 9.17) is 10.5 Å². The molecule has 0 bridgehead atoms. The van der Waals surface area contributed by atoms with Crippen LogP contribution >= 0.6 is 0 Å². The molecule has 0 atom stereocenters. The zero-order valence-corrected chi connectivity index (χ0v) is 11.1. The first-order valence-electron chi connectivity index (χ1n) is 6.36. The van der Waals surface area contributed by atoms with Crippen LogP contribution in [0.3, 0.4) is 0 Å². The van der Waals surface area contributed by atoms with Gasteiger partial charge in [0, 0.05) is 24.2 Å². The first-order chi connectivity index (χ1) is 9.66. The lowest BCUT2D eigenvalue weighted by Crippen LogP contribution is -1.96. The van der Waals surface area contributed by atoms with E-state index in [9.17, 15) is 4.39 Å². The number of halogens is 1. The molecule has 0 saturated heterocycles.